The van der Waals surface area contributed by atoms with Crippen molar-refractivity contribution in [2.24, 2.45) is 7.05 Å². The number of ether oxygens (including phenoxy) is 1. The Labute approximate surface area is 184 Å². The second-order valence-corrected chi connectivity index (χ2v) is 7.74. The molecule has 3 aromatic rings. The second kappa shape index (κ2) is 10.1. The normalized spacial score (nSPS) is 10.7. The van der Waals surface area contributed by atoms with Crippen molar-refractivity contribution in [2.75, 3.05) is 25.1 Å². The monoisotopic (exact) mass is 417 g/mol. The number of nitrogens with zero attached hydrogens (tertiary/aromatic N) is 3. The average molecular weight is 418 g/mol. The summed E-state index contributed by atoms with van der Waals surface area (Å²) < 4.78 is 7.01. The highest BCUT2D eigenvalue weighted by atomic mass is 16.5. The van der Waals surface area contributed by atoms with Crippen molar-refractivity contribution in [3.8, 4) is 28.0 Å². The van der Waals surface area contributed by atoms with Gasteiger partial charge in [-0.2, -0.15) is 0 Å². The molecule has 5 nitrogen and oxygen atoms in total. The van der Waals surface area contributed by atoms with Crippen molar-refractivity contribution in [2.45, 2.75) is 26.7 Å². The van der Waals surface area contributed by atoms with E-state index in [2.05, 4.69) is 48.5 Å². The summed E-state index contributed by atoms with van der Waals surface area (Å²) in [5, 5.41) is 0. The molecule has 31 heavy (non-hydrogen) atoms. The molecule has 0 atom stereocenters. The van der Waals surface area contributed by atoms with Crippen molar-refractivity contribution in [1.82, 2.24) is 9.55 Å². The van der Waals surface area contributed by atoms with Crippen LogP contribution < -0.4 is 15.2 Å². The van der Waals surface area contributed by atoms with Crippen LogP contribution in [0.3, 0.4) is 0 Å². The van der Waals surface area contributed by atoms with Gasteiger partial charge in [-0.15, -0.1) is 6.58 Å². The molecule has 0 aliphatic heterocycles. The fourth-order valence-corrected chi connectivity index (χ4v) is 3.74. The predicted molar refractivity (Wildman–Crippen MR) is 129 cm³/mol. The molecule has 2 heterocycles. The third kappa shape index (κ3) is 5.05. The minimum atomic E-state index is 0.0204. The van der Waals surface area contributed by atoms with Crippen molar-refractivity contribution < 1.29 is 4.74 Å². The highest BCUT2D eigenvalue weighted by Crippen LogP contribution is 2.31. The second-order valence-electron chi connectivity index (χ2n) is 7.74. The fraction of sp³-hybridized carbons (Fsp3) is 0.308. The number of aryl methyl sites for hydroxylation is 2. The van der Waals surface area contributed by atoms with Gasteiger partial charge in [0, 0.05) is 43.7 Å². The van der Waals surface area contributed by atoms with Crippen LogP contribution >= 0.6 is 0 Å². The van der Waals surface area contributed by atoms with Crippen LogP contribution in [0.15, 0.2) is 66.4 Å². The van der Waals surface area contributed by atoms with E-state index in [1.54, 1.807) is 17.9 Å². The van der Waals surface area contributed by atoms with E-state index in [0.29, 0.717) is 0 Å². The molecule has 1 aromatic carbocycles. The number of hydrogen-bond acceptors (Lipinski definition) is 4. The molecule has 0 saturated heterocycles. The third-order valence-electron chi connectivity index (χ3n) is 5.43. The van der Waals surface area contributed by atoms with Crippen molar-refractivity contribution >= 4 is 5.69 Å². The third-order valence-corrected chi connectivity index (χ3v) is 5.43. The van der Waals surface area contributed by atoms with Gasteiger partial charge in [0.2, 0.25) is 0 Å². The molecular formula is C26H31N3O2. The van der Waals surface area contributed by atoms with E-state index in [1.807, 2.05) is 37.7 Å². The Morgan fingerprint density at radius 2 is 1.94 bits per heavy atom. The molecule has 0 radical (unpaired) electrons. The minimum absolute atomic E-state index is 0.0204. The zero-order valence-electron chi connectivity index (χ0n) is 18.9. The van der Waals surface area contributed by atoms with E-state index in [0.717, 1.165) is 65.2 Å². The summed E-state index contributed by atoms with van der Waals surface area (Å²) in [7, 11) is 3.46. The number of rotatable bonds is 9. The van der Waals surface area contributed by atoms with Gasteiger partial charge < -0.3 is 14.2 Å². The molecule has 0 amide bonds. The SMILES string of the molecule is C=CCCN(CCC)c1cc(-c2cc(-c3cncc(OC)c3)ccc2C)cn(C)c1=O. The maximum absolute atomic E-state index is 12.9. The molecule has 2 aromatic heterocycles. The van der Waals surface area contributed by atoms with Crippen molar-refractivity contribution in [3.63, 3.8) is 0 Å². The number of methoxy groups -OCH3 is 1. The molecular weight excluding hydrogens is 386 g/mol. The topological polar surface area (TPSA) is 47.4 Å². The van der Waals surface area contributed by atoms with Crippen LogP contribution in [-0.4, -0.2) is 29.8 Å². The zero-order valence-corrected chi connectivity index (χ0v) is 18.9. The van der Waals surface area contributed by atoms with Gasteiger partial charge in [0.05, 0.1) is 13.3 Å². The maximum Gasteiger partial charge on any atom is 0.273 e. The van der Waals surface area contributed by atoms with Crippen LogP contribution in [0.5, 0.6) is 5.75 Å². The number of benzene rings is 1. The van der Waals surface area contributed by atoms with Gasteiger partial charge in [0.25, 0.3) is 5.56 Å². The summed E-state index contributed by atoms with van der Waals surface area (Å²) in [5.74, 6) is 0.724. The molecule has 3 rings (SSSR count). The van der Waals surface area contributed by atoms with Crippen LogP contribution in [0, 0.1) is 6.92 Å². The number of anilines is 1. The Bertz CT molecular complexity index is 1120. The summed E-state index contributed by atoms with van der Waals surface area (Å²) in [4.78, 5) is 19.4. The van der Waals surface area contributed by atoms with Crippen molar-refractivity contribution in [3.05, 3.63) is 77.5 Å². The lowest BCUT2D eigenvalue weighted by Crippen LogP contribution is -2.32. The smallest absolute Gasteiger partial charge is 0.273 e. The fourth-order valence-electron chi connectivity index (χ4n) is 3.74. The summed E-state index contributed by atoms with van der Waals surface area (Å²) in [6, 6.07) is 10.4. The van der Waals surface area contributed by atoms with E-state index >= 15 is 0 Å². The van der Waals surface area contributed by atoms with E-state index in [4.69, 9.17) is 4.74 Å². The molecule has 5 heteroatoms. The first-order chi connectivity index (χ1) is 15.0. The van der Waals surface area contributed by atoms with Gasteiger partial charge >= 0.3 is 0 Å². The zero-order chi connectivity index (χ0) is 22.4. The first-order valence-corrected chi connectivity index (χ1v) is 10.7. The van der Waals surface area contributed by atoms with Gasteiger partial charge in [0.1, 0.15) is 11.4 Å². The summed E-state index contributed by atoms with van der Waals surface area (Å²) in [6.45, 7) is 9.67. The molecule has 0 bridgehead atoms. The van der Waals surface area contributed by atoms with Gasteiger partial charge in [-0.25, -0.2) is 0 Å². The molecule has 0 N–H and O–H groups in total. The van der Waals surface area contributed by atoms with Gasteiger partial charge in [0.15, 0.2) is 0 Å². The van der Waals surface area contributed by atoms with Gasteiger partial charge in [-0.3, -0.25) is 9.78 Å². The molecule has 0 aliphatic carbocycles. The first kappa shape index (κ1) is 22.3. The lowest BCUT2D eigenvalue weighted by Gasteiger charge is -2.24. The summed E-state index contributed by atoms with van der Waals surface area (Å²) in [5.41, 5.74) is 6.06. The van der Waals surface area contributed by atoms with Gasteiger partial charge in [-0.1, -0.05) is 25.1 Å². The highest BCUT2D eigenvalue weighted by Gasteiger charge is 2.15. The molecule has 0 fully saturated rings. The molecule has 162 valence electrons. The minimum Gasteiger partial charge on any atom is -0.495 e. The Kier molecular flexibility index (Phi) is 7.29. The summed E-state index contributed by atoms with van der Waals surface area (Å²) >= 11 is 0. The van der Waals surface area contributed by atoms with E-state index in [1.165, 1.54) is 0 Å². The number of hydrogen-bond donors (Lipinski definition) is 0. The Hall–Kier alpha value is -3.34. The van der Waals surface area contributed by atoms with Crippen LogP contribution in [0.2, 0.25) is 0 Å². The number of pyridine rings is 2. The predicted octanol–water partition coefficient (Wildman–Crippen LogP) is 5.22. The molecule has 0 spiro atoms. The molecule has 0 aliphatic rings. The maximum atomic E-state index is 12.9. The largest absolute Gasteiger partial charge is 0.495 e. The Morgan fingerprint density at radius 1 is 1.13 bits per heavy atom. The van der Waals surface area contributed by atoms with Crippen LogP contribution in [0.4, 0.5) is 5.69 Å². The lowest BCUT2D eigenvalue weighted by atomic mass is 9.96. The number of aromatic nitrogens is 2. The quantitative estimate of drug-likeness (QED) is 0.448. The van der Waals surface area contributed by atoms with E-state index < -0.39 is 0 Å². The molecule has 0 saturated carbocycles. The van der Waals surface area contributed by atoms with E-state index in [9.17, 15) is 4.79 Å². The van der Waals surface area contributed by atoms with Crippen LogP contribution in [0.1, 0.15) is 25.3 Å². The Balaban J connectivity index is 2.10. The highest BCUT2D eigenvalue weighted by molar-refractivity contribution is 5.77. The summed E-state index contributed by atoms with van der Waals surface area (Å²) in [6.07, 6.45) is 9.16. The van der Waals surface area contributed by atoms with E-state index in [-0.39, 0.29) is 5.56 Å². The van der Waals surface area contributed by atoms with Crippen LogP contribution in [-0.2, 0) is 7.05 Å². The van der Waals surface area contributed by atoms with Crippen molar-refractivity contribution in [1.29, 1.82) is 0 Å². The van der Waals surface area contributed by atoms with Crippen LogP contribution in [0.25, 0.3) is 22.3 Å². The Morgan fingerprint density at radius 3 is 2.65 bits per heavy atom. The van der Waals surface area contributed by atoms with Gasteiger partial charge in [-0.05, 0) is 54.7 Å². The average Bonchev–Trinajstić information content (AvgIpc) is 2.79. The standard InChI is InChI=1S/C26H31N3O2/c1-6-8-12-29(11-7-2)25-15-22(18-28(4)26(25)30)24-14-20(10-9-19(24)3)21-13-23(31-5)17-27-16-21/h6,9-10,13-18H,1,7-8,11-12H2,2-5H3. The lowest BCUT2D eigenvalue weighted by molar-refractivity contribution is 0.413. The molecule has 0 unspecified atom stereocenters. The first-order valence-electron chi connectivity index (χ1n) is 10.7.